The zero-order valence-corrected chi connectivity index (χ0v) is 15.1. The average Bonchev–Trinajstić information content (AvgIpc) is 2.63. The van der Waals surface area contributed by atoms with E-state index in [2.05, 4.69) is 12.2 Å². The van der Waals surface area contributed by atoms with Gasteiger partial charge in [-0.1, -0.05) is 12.2 Å². The number of methoxy groups -OCH3 is 1. The minimum atomic E-state index is -3.39. The van der Waals surface area contributed by atoms with E-state index in [0.29, 0.717) is 23.7 Å². The van der Waals surface area contributed by atoms with Gasteiger partial charge in [-0.15, -0.1) is 0 Å². The fraction of sp³-hybridized carbons (Fsp3) is 0.556. The number of sulfonamides is 1. The number of benzene rings is 1. The van der Waals surface area contributed by atoms with Crippen molar-refractivity contribution in [2.45, 2.75) is 24.2 Å². The Labute approximate surface area is 145 Å². The van der Waals surface area contributed by atoms with Crippen LogP contribution in [0.15, 0.2) is 41.3 Å². The van der Waals surface area contributed by atoms with Gasteiger partial charge < -0.3 is 9.64 Å². The van der Waals surface area contributed by atoms with Gasteiger partial charge in [0.1, 0.15) is 5.75 Å². The smallest absolute Gasteiger partial charge is 0.243 e. The molecule has 1 aliphatic carbocycles. The summed E-state index contributed by atoms with van der Waals surface area (Å²) in [5.74, 6) is 1.43. The van der Waals surface area contributed by atoms with Crippen LogP contribution in [0.4, 0.5) is 0 Å². The number of piperazine rings is 1. The van der Waals surface area contributed by atoms with Crippen molar-refractivity contribution in [3.8, 4) is 5.75 Å². The molecule has 1 fully saturated rings. The molecular formula is C18H27N2O3S+. The molecule has 2 aliphatic rings. The normalized spacial score (nSPS) is 23.3. The van der Waals surface area contributed by atoms with Gasteiger partial charge in [0, 0.05) is 5.92 Å². The van der Waals surface area contributed by atoms with Crippen LogP contribution in [-0.4, -0.2) is 52.6 Å². The molecule has 0 spiro atoms. The summed E-state index contributed by atoms with van der Waals surface area (Å²) < 4.78 is 32.2. The number of hydrogen-bond donors (Lipinski definition) is 1. The molecule has 5 nitrogen and oxygen atoms in total. The van der Waals surface area contributed by atoms with Crippen LogP contribution >= 0.6 is 0 Å². The molecule has 0 amide bonds. The number of quaternary nitrogens is 1. The molecule has 1 atom stereocenters. The molecule has 0 unspecified atom stereocenters. The standard InChI is InChI=1S/C18H26N2O3S/c1-23-17-7-9-18(10-8-17)24(21,22)20-13-11-19(12-14-20)15-16-5-3-2-4-6-16/h2-3,7-10,16H,4-6,11-15H2,1H3/p+1/t16-/m1/s1. The van der Waals surface area contributed by atoms with Crippen LogP contribution in [0.5, 0.6) is 5.75 Å². The molecule has 0 radical (unpaired) electrons. The van der Waals surface area contributed by atoms with Crippen LogP contribution in [0.25, 0.3) is 0 Å². The first kappa shape index (κ1) is 17.5. The summed E-state index contributed by atoms with van der Waals surface area (Å²) in [5.41, 5.74) is 0. The lowest BCUT2D eigenvalue weighted by molar-refractivity contribution is -0.907. The molecular weight excluding hydrogens is 324 g/mol. The Kier molecular flexibility index (Phi) is 5.58. The van der Waals surface area contributed by atoms with Crippen molar-refractivity contribution in [2.24, 2.45) is 5.92 Å². The van der Waals surface area contributed by atoms with E-state index in [-0.39, 0.29) is 0 Å². The second-order valence-electron chi connectivity index (χ2n) is 6.68. The monoisotopic (exact) mass is 351 g/mol. The van der Waals surface area contributed by atoms with Crippen molar-refractivity contribution >= 4 is 10.0 Å². The Bertz CT molecular complexity index is 662. The summed E-state index contributed by atoms with van der Waals surface area (Å²) >= 11 is 0. The fourth-order valence-corrected chi connectivity index (χ4v) is 5.04. The Morgan fingerprint density at radius 1 is 1.17 bits per heavy atom. The first-order valence-electron chi connectivity index (χ1n) is 8.72. The molecule has 0 saturated carbocycles. The first-order chi connectivity index (χ1) is 11.6. The lowest BCUT2D eigenvalue weighted by atomic mass is 9.94. The van der Waals surface area contributed by atoms with E-state index >= 15 is 0 Å². The predicted octanol–water partition coefficient (Wildman–Crippen LogP) is 0.941. The van der Waals surface area contributed by atoms with Crippen LogP contribution in [0.2, 0.25) is 0 Å². The first-order valence-corrected chi connectivity index (χ1v) is 10.2. The highest BCUT2D eigenvalue weighted by Crippen LogP contribution is 2.20. The van der Waals surface area contributed by atoms with E-state index in [9.17, 15) is 8.42 Å². The van der Waals surface area contributed by atoms with Crippen molar-refractivity contribution in [3.05, 3.63) is 36.4 Å². The van der Waals surface area contributed by atoms with Crippen LogP contribution in [0.1, 0.15) is 19.3 Å². The van der Waals surface area contributed by atoms with E-state index in [1.807, 2.05) is 0 Å². The van der Waals surface area contributed by atoms with Gasteiger partial charge in [-0.2, -0.15) is 4.31 Å². The third kappa shape index (κ3) is 3.99. The lowest BCUT2D eigenvalue weighted by Gasteiger charge is -2.33. The molecule has 0 bridgehead atoms. The van der Waals surface area contributed by atoms with Gasteiger partial charge >= 0.3 is 0 Å². The highest BCUT2D eigenvalue weighted by molar-refractivity contribution is 7.89. The van der Waals surface area contributed by atoms with Crippen LogP contribution in [0.3, 0.4) is 0 Å². The summed E-state index contributed by atoms with van der Waals surface area (Å²) in [6, 6.07) is 6.65. The van der Waals surface area contributed by atoms with Gasteiger partial charge in [0.25, 0.3) is 0 Å². The topological polar surface area (TPSA) is 51.1 Å². The number of nitrogens with one attached hydrogen (secondary N) is 1. The second kappa shape index (κ2) is 7.68. The highest BCUT2D eigenvalue weighted by Gasteiger charge is 2.31. The Hall–Kier alpha value is -1.37. The van der Waals surface area contributed by atoms with Crippen molar-refractivity contribution in [1.82, 2.24) is 4.31 Å². The lowest BCUT2D eigenvalue weighted by Crippen LogP contribution is -3.15. The molecule has 3 rings (SSSR count). The van der Waals surface area contributed by atoms with Gasteiger partial charge in [0.2, 0.25) is 10.0 Å². The molecule has 0 aromatic heterocycles. The minimum absolute atomic E-state index is 0.351. The van der Waals surface area contributed by atoms with E-state index in [0.717, 1.165) is 19.0 Å². The molecule has 1 N–H and O–H groups in total. The summed E-state index contributed by atoms with van der Waals surface area (Å²) in [6.45, 7) is 4.17. The minimum Gasteiger partial charge on any atom is -0.497 e. The van der Waals surface area contributed by atoms with Gasteiger partial charge in [-0.3, -0.25) is 0 Å². The number of rotatable bonds is 5. The van der Waals surface area contributed by atoms with Crippen molar-refractivity contribution in [3.63, 3.8) is 0 Å². The molecule has 1 aliphatic heterocycles. The largest absolute Gasteiger partial charge is 0.497 e. The van der Waals surface area contributed by atoms with Gasteiger partial charge in [-0.25, -0.2) is 8.42 Å². The third-order valence-corrected chi connectivity index (χ3v) is 6.99. The van der Waals surface area contributed by atoms with E-state index < -0.39 is 10.0 Å². The SMILES string of the molecule is COc1ccc(S(=O)(=O)N2CC[NH+](C[C@@H]3CC=CCC3)CC2)cc1. The van der Waals surface area contributed by atoms with Crippen molar-refractivity contribution in [2.75, 3.05) is 39.8 Å². The van der Waals surface area contributed by atoms with Crippen LogP contribution in [0, 0.1) is 5.92 Å². The third-order valence-electron chi connectivity index (χ3n) is 5.08. The summed E-state index contributed by atoms with van der Waals surface area (Å²) in [7, 11) is -1.81. The maximum absolute atomic E-state index is 12.8. The maximum Gasteiger partial charge on any atom is 0.243 e. The molecule has 1 aromatic rings. The summed E-state index contributed by atoms with van der Waals surface area (Å²) in [4.78, 5) is 1.89. The van der Waals surface area contributed by atoms with Gasteiger partial charge in [-0.05, 0) is 43.5 Å². The Morgan fingerprint density at radius 2 is 1.88 bits per heavy atom. The van der Waals surface area contributed by atoms with E-state index in [1.54, 1.807) is 35.7 Å². The molecule has 1 saturated heterocycles. The van der Waals surface area contributed by atoms with Crippen LogP contribution in [-0.2, 0) is 10.0 Å². The van der Waals surface area contributed by atoms with E-state index in [1.165, 1.54) is 30.7 Å². The zero-order valence-electron chi connectivity index (χ0n) is 14.3. The van der Waals surface area contributed by atoms with Crippen molar-refractivity contribution in [1.29, 1.82) is 0 Å². The highest BCUT2D eigenvalue weighted by atomic mass is 32.2. The molecule has 1 heterocycles. The molecule has 24 heavy (non-hydrogen) atoms. The number of hydrogen-bond acceptors (Lipinski definition) is 3. The molecule has 132 valence electrons. The van der Waals surface area contributed by atoms with Gasteiger partial charge in [0.05, 0.1) is 44.7 Å². The maximum atomic E-state index is 12.8. The molecule has 1 aromatic carbocycles. The Morgan fingerprint density at radius 3 is 2.46 bits per heavy atom. The van der Waals surface area contributed by atoms with Crippen LogP contribution < -0.4 is 9.64 Å². The van der Waals surface area contributed by atoms with Crippen molar-refractivity contribution < 1.29 is 18.1 Å². The number of ether oxygens (including phenoxy) is 1. The quantitative estimate of drug-likeness (QED) is 0.804. The Balaban J connectivity index is 1.57. The van der Waals surface area contributed by atoms with E-state index in [4.69, 9.17) is 4.74 Å². The number of allylic oxidation sites excluding steroid dienone is 2. The second-order valence-corrected chi connectivity index (χ2v) is 8.62. The zero-order chi connectivity index (χ0) is 17.0. The summed E-state index contributed by atoms with van der Waals surface area (Å²) in [6.07, 6.45) is 8.20. The fourth-order valence-electron chi connectivity index (χ4n) is 3.59. The molecule has 6 heteroatoms. The van der Waals surface area contributed by atoms with Gasteiger partial charge in [0.15, 0.2) is 0 Å². The summed E-state index contributed by atoms with van der Waals surface area (Å²) in [5, 5.41) is 0. The number of nitrogens with zero attached hydrogens (tertiary/aromatic N) is 1. The average molecular weight is 351 g/mol. The predicted molar refractivity (Wildman–Crippen MR) is 93.8 cm³/mol.